The van der Waals surface area contributed by atoms with Crippen LogP contribution in [0.2, 0.25) is 0 Å². The summed E-state index contributed by atoms with van der Waals surface area (Å²) in [5.41, 5.74) is 0. The molecule has 0 spiro atoms. The summed E-state index contributed by atoms with van der Waals surface area (Å²) < 4.78 is 16.1. The van der Waals surface area contributed by atoms with Crippen LogP contribution in [0.25, 0.3) is 0 Å². The zero-order chi connectivity index (χ0) is 26.5. The van der Waals surface area contributed by atoms with Crippen molar-refractivity contribution < 1.29 is 39.4 Å². The summed E-state index contributed by atoms with van der Waals surface area (Å²) in [6.45, 7) is 4.97. The molecule has 4 unspecified atom stereocenters. The van der Waals surface area contributed by atoms with Crippen LogP contribution >= 0.6 is 0 Å². The van der Waals surface area contributed by atoms with Crippen molar-refractivity contribution in [2.45, 2.75) is 32.2 Å². The SMILES string of the molecule is CC1CC(=O)N(CCNC(=O)CCC2C(=O)[O][68Ga]3[O]C(=O)CN4CCN(CCN2CC4)CC(=O)[O]3)C1=O. The van der Waals surface area contributed by atoms with E-state index in [1.165, 1.54) is 0 Å². The molecular weight excluding hydrogens is 546 g/mol. The van der Waals surface area contributed by atoms with E-state index in [2.05, 4.69) is 5.32 Å². The fourth-order valence-electron chi connectivity index (χ4n) is 4.88. The Labute approximate surface area is 220 Å². The maximum absolute atomic E-state index is 13.2. The molecule has 0 aromatic carbocycles. The van der Waals surface area contributed by atoms with E-state index in [-0.39, 0.29) is 69.1 Å². The van der Waals surface area contributed by atoms with Crippen LogP contribution in [0.3, 0.4) is 0 Å². The second kappa shape index (κ2) is 12.4. The van der Waals surface area contributed by atoms with Gasteiger partial charge in [-0.15, -0.1) is 0 Å². The van der Waals surface area contributed by atoms with Gasteiger partial charge in [0.25, 0.3) is 0 Å². The summed E-state index contributed by atoms with van der Waals surface area (Å²) in [4.78, 5) is 81.5. The Balaban J connectivity index is 1.42. The quantitative estimate of drug-likeness (QED) is 0.256. The fourth-order valence-corrected chi connectivity index (χ4v) is 7.13. The van der Waals surface area contributed by atoms with Crippen molar-refractivity contribution in [2.75, 3.05) is 65.4 Å². The molecule has 15 heteroatoms. The molecule has 14 nitrogen and oxygen atoms in total. The number of likely N-dealkylation sites (tertiary alicyclic amines) is 1. The van der Waals surface area contributed by atoms with Gasteiger partial charge in [-0.25, -0.2) is 0 Å². The Morgan fingerprint density at radius 1 is 0.919 bits per heavy atom. The molecule has 37 heavy (non-hydrogen) atoms. The first-order valence-corrected chi connectivity index (χ1v) is 15.6. The van der Waals surface area contributed by atoms with E-state index in [4.69, 9.17) is 10.6 Å². The Morgan fingerprint density at radius 3 is 2.08 bits per heavy atom. The van der Waals surface area contributed by atoms with Crippen molar-refractivity contribution in [3.63, 3.8) is 0 Å². The van der Waals surface area contributed by atoms with Gasteiger partial charge in [0.15, 0.2) is 0 Å². The molecule has 5 fully saturated rings. The van der Waals surface area contributed by atoms with Gasteiger partial charge < -0.3 is 0 Å². The summed E-state index contributed by atoms with van der Waals surface area (Å²) in [5.74, 6) is -3.03. The number of carbonyl (C=O) groups excluding carboxylic acids is 6. The van der Waals surface area contributed by atoms with Crippen LogP contribution in [0.5, 0.6) is 0 Å². The van der Waals surface area contributed by atoms with Crippen molar-refractivity contribution in [1.82, 2.24) is 24.9 Å². The molecule has 0 radical (unpaired) electrons. The number of imide groups is 1. The van der Waals surface area contributed by atoms with E-state index < -0.39 is 41.3 Å². The standard InChI is InChI=1S/C22H35N5O9.Ga/c1-15-12-18(29)27(21(15)34)5-4-23-17(28)3-2-16(22(35)36)26-10-8-24(13-19(30)31)6-7-25(9-11-26)14-20(32)33;/h15-16H,2-14H2,1H3,(H,23,28)(H,30,31)(H,32,33)(H,35,36);/q;+3/p-3/i;1-2. The molecule has 0 aromatic rings. The Hall–Kier alpha value is -2.46. The molecule has 5 heterocycles. The Bertz CT molecular complexity index is 918. The number of hydrogen-bond donors (Lipinski definition) is 1. The van der Waals surface area contributed by atoms with Crippen molar-refractivity contribution in [3.05, 3.63) is 0 Å². The van der Waals surface area contributed by atoms with E-state index in [0.29, 0.717) is 39.3 Å². The van der Waals surface area contributed by atoms with E-state index in [1.54, 1.807) is 6.92 Å². The molecule has 4 bridgehead atoms. The zero-order valence-electron chi connectivity index (χ0n) is 20.9. The van der Waals surface area contributed by atoms with Gasteiger partial charge in [0.2, 0.25) is 0 Å². The van der Waals surface area contributed by atoms with Crippen LogP contribution < -0.4 is 5.32 Å². The topological polar surface area (TPSA) is 155 Å². The van der Waals surface area contributed by atoms with Crippen LogP contribution in [-0.2, 0) is 39.4 Å². The van der Waals surface area contributed by atoms with Crippen molar-refractivity contribution in [3.8, 4) is 0 Å². The van der Waals surface area contributed by atoms with E-state index in [0.717, 1.165) is 4.90 Å². The van der Waals surface area contributed by atoms with Crippen LogP contribution in [0.1, 0.15) is 26.2 Å². The van der Waals surface area contributed by atoms with Crippen LogP contribution in [0, 0.1) is 5.92 Å². The zero-order valence-corrected chi connectivity index (χ0v) is 23.3. The minimum atomic E-state index is -4.01. The summed E-state index contributed by atoms with van der Waals surface area (Å²) in [5, 5.41) is 2.70. The third kappa shape index (κ3) is 7.31. The van der Waals surface area contributed by atoms with Gasteiger partial charge in [-0.3, -0.25) is 0 Å². The van der Waals surface area contributed by atoms with Gasteiger partial charge in [0.1, 0.15) is 0 Å². The monoisotopic (exact) mass is 578 g/mol. The predicted octanol–water partition coefficient (Wildman–Crippen LogP) is -2.79. The maximum atomic E-state index is 13.2. The summed E-state index contributed by atoms with van der Waals surface area (Å²) in [6, 6.07) is -0.795. The van der Waals surface area contributed by atoms with Crippen molar-refractivity contribution >= 4 is 52.9 Å². The molecule has 5 aliphatic heterocycles. The molecule has 0 aliphatic carbocycles. The molecule has 5 aliphatic rings. The number of hydrogen-bond acceptors (Lipinski definition) is 12. The molecule has 5 rings (SSSR count). The Morgan fingerprint density at radius 2 is 1.51 bits per heavy atom. The first-order chi connectivity index (χ1) is 17.7. The molecule has 202 valence electrons. The molecule has 0 aromatic heterocycles. The van der Waals surface area contributed by atoms with Crippen LogP contribution in [0.4, 0.5) is 0 Å². The number of nitrogens with one attached hydrogen (secondary N) is 1. The third-order valence-electron chi connectivity index (χ3n) is 7.00. The second-order valence-electron chi connectivity index (χ2n) is 9.69. The van der Waals surface area contributed by atoms with E-state index in [9.17, 15) is 28.8 Å². The number of carbonyl (C=O) groups is 6. The van der Waals surface area contributed by atoms with Gasteiger partial charge in [0.05, 0.1) is 0 Å². The van der Waals surface area contributed by atoms with E-state index >= 15 is 0 Å². The number of nitrogens with zero attached hydrogens (tertiary/aromatic N) is 4. The third-order valence-corrected chi connectivity index (χ3v) is 9.80. The van der Waals surface area contributed by atoms with Crippen molar-refractivity contribution in [1.29, 1.82) is 0 Å². The first-order valence-electron chi connectivity index (χ1n) is 12.6. The van der Waals surface area contributed by atoms with Crippen LogP contribution in [0.15, 0.2) is 0 Å². The molecular formula is C22H32GaN5O9. The van der Waals surface area contributed by atoms with Gasteiger partial charge >= 0.3 is 214 Å². The molecule has 0 saturated carbocycles. The molecule has 5 saturated heterocycles. The predicted molar refractivity (Wildman–Crippen MR) is 125 cm³/mol. The normalized spacial score (nSPS) is 30.9. The average molecular weight is 578 g/mol. The molecule has 4 atom stereocenters. The number of rotatable bonds is 6. The van der Waals surface area contributed by atoms with Crippen molar-refractivity contribution in [2.24, 2.45) is 5.92 Å². The first kappa shape index (κ1) is 27.6. The fraction of sp³-hybridized carbons (Fsp3) is 0.727. The second-order valence-corrected chi connectivity index (χ2v) is 12.4. The summed E-state index contributed by atoms with van der Waals surface area (Å²) in [7, 11) is 0. The number of fused-ring (bicyclic) bond motifs is 9. The van der Waals surface area contributed by atoms with Gasteiger partial charge in [-0.05, 0) is 0 Å². The molecule has 3 amide bonds. The van der Waals surface area contributed by atoms with Gasteiger partial charge in [0, 0.05) is 0 Å². The van der Waals surface area contributed by atoms with Crippen LogP contribution in [-0.4, -0.2) is 144 Å². The summed E-state index contributed by atoms with van der Waals surface area (Å²) >= 11 is -4.01. The van der Waals surface area contributed by atoms with Gasteiger partial charge in [-0.2, -0.15) is 0 Å². The Kier molecular flexibility index (Phi) is 9.23. The number of amides is 3. The minimum absolute atomic E-state index is 0.000761. The van der Waals surface area contributed by atoms with E-state index in [1.807, 2.05) is 14.7 Å². The summed E-state index contributed by atoms with van der Waals surface area (Å²) in [6.07, 6.45) is 0.316. The molecule has 1 N–H and O–H groups in total. The van der Waals surface area contributed by atoms with Gasteiger partial charge in [-0.1, -0.05) is 6.92 Å². The average Bonchev–Trinajstić information content (AvgIpc) is 3.09.